The van der Waals surface area contributed by atoms with E-state index in [1.807, 2.05) is 93.8 Å². The molecule has 2 amide bonds. The third-order valence-electron chi connectivity index (χ3n) is 6.68. The molecule has 2 aromatic carbocycles. The Morgan fingerprint density at radius 2 is 1.32 bits per heavy atom. The van der Waals surface area contributed by atoms with Crippen molar-refractivity contribution in [2.75, 3.05) is 16.4 Å². The molecule has 6 aromatic rings. The van der Waals surface area contributed by atoms with Gasteiger partial charge in [0.2, 0.25) is 18.2 Å². The first-order chi connectivity index (χ1) is 24.3. The van der Waals surface area contributed by atoms with Gasteiger partial charge in [-0.2, -0.15) is 0 Å². The molecule has 50 heavy (non-hydrogen) atoms. The van der Waals surface area contributed by atoms with Crippen LogP contribution in [0.1, 0.15) is 34.6 Å². The van der Waals surface area contributed by atoms with Crippen LogP contribution in [0.25, 0.3) is 22.8 Å². The minimum atomic E-state index is -0.705. The maximum atomic E-state index is 12.7. The first kappa shape index (κ1) is 37.4. The van der Waals surface area contributed by atoms with E-state index < -0.39 is 4.75 Å². The fourth-order valence-electron chi connectivity index (χ4n) is 4.24. The lowest BCUT2D eigenvalue weighted by atomic mass is 10.2. The molecule has 4 aromatic heterocycles. The van der Waals surface area contributed by atoms with Gasteiger partial charge in [-0.25, -0.2) is 4.57 Å². The zero-order valence-corrected chi connectivity index (χ0v) is 29.9. The topological polar surface area (TPSA) is 163 Å². The predicted octanol–water partition coefficient (Wildman–Crippen LogP) is 7.40. The molecule has 0 radical (unpaired) electrons. The molecule has 0 unspecified atom stereocenters. The Morgan fingerprint density at radius 3 is 1.86 bits per heavy atom. The normalized spacial score (nSPS) is 10.7. The van der Waals surface area contributed by atoms with E-state index in [1.165, 1.54) is 28.9 Å². The van der Waals surface area contributed by atoms with Crippen molar-refractivity contribution in [3.63, 3.8) is 0 Å². The van der Waals surface area contributed by atoms with Crippen molar-refractivity contribution in [3.05, 3.63) is 97.8 Å². The summed E-state index contributed by atoms with van der Waals surface area (Å²) in [6.45, 7) is 10.5. The van der Waals surface area contributed by atoms with Crippen molar-refractivity contribution >= 4 is 53.1 Å². The smallest absolute Gasteiger partial charge is 0.240 e. The molecule has 0 aliphatic rings. The third-order valence-corrected chi connectivity index (χ3v) is 8.80. The molecular weight excluding hydrogens is 677 g/mol. The van der Waals surface area contributed by atoms with Gasteiger partial charge in [-0.15, -0.1) is 20.4 Å². The number of thioether (sulfide) groups is 2. The standard InChI is InChI=1S/C18H20N4O2S.C15H12N4O3S.C2H6/c1-4-22-15(13-10-11-24-12-13)20-21-17(22)25-18(2,3)16(23)19-14-8-6-5-7-9-14;20-10-19-14(11-6-7-22-8-11)17-18-15(19)23-9-13(21)16-12-4-2-1-3-5-12;1-2/h5-12H,4H2,1-3H3,(H,19,23);1-8,10H,9H2,(H,16,21);1-2H3. The lowest BCUT2D eigenvalue weighted by Gasteiger charge is -2.22. The number of nitrogens with zero attached hydrogens (tertiary/aromatic N) is 6. The number of hydrogen-bond acceptors (Lipinski definition) is 11. The first-order valence-corrected chi connectivity index (χ1v) is 17.5. The number of anilines is 2. The van der Waals surface area contributed by atoms with Crippen molar-refractivity contribution < 1.29 is 23.2 Å². The minimum absolute atomic E-state index is 0.0841. The van der Waals surface area contributed by atoms with E-state index >= 15 is 0 Å². The molecule has 0 fully saturated rings. The van der Waals surface area contributed by atoms with Crippen molar-refractivity contribution in [2.24, 2.45) is 0 Å². The highest BCUT2D eigenvalue weighted by atomic mass is 32.2. The summed E-state index contributed by atoms with van der Waals surface area (Å²) in [5.41, 5.74) is 3.00. The van der Waals surface area contributed by atoms with Gasteiger partial charge < -0.3 is 24.0 Å². The molecule has 0 bridgehead atoms. The van der Waals surface area contributed by atoms with Crippen LogP contribution < -0.4 is 10.6 Å². The zero-order chi connectivity index (χ0) is 35.9. The molecule has 4 heterocycles. The lowest BCUT2D eigenvalue weighted by Crippen LogP contribution is -2.34. The molecule has 0 aliphatic carbocycles. The second-order valence-electron chi connectivity index (χ2n) is 10.5. The van der Waals surface area contributed by atoms with Crippen LogP contribution in [0.4, 0.5) is 11.4 Å². The molecule has 15 heteroatoms. The van der Waals surface area contributed by atoms with E-state index in [0.29, 0.717) is 40.3 Å². The van der Waals surface area contributed by atoms with Crippen LogP contribution in [-0.2, 0) is 20.9 Å². The van der Waals surface area contributed by atoms with Gasteiger partial charge in [0.25, 0.3) is 0 Å². The molecule has 0 atom stereocenters. The fraction of sp³-hybridized carbons (Fsp3) is 0.229. The van der Waals surface area contributed by atoms with Gasteiger partial charge in [-0.1, -0.05) is 73.8 Å². The van der Waals surface area contributed by atoms with Gasteiger partial charge in [0.15, 0.2) is 22.0 Å². The number of hydrogen-bond donors (Lipinski definition) is 2. The summed E-state index contributed by atoms with van der Waals surface area (Å²) in [5, 5.41) is 23.2. The lowest BCUT2D eigenvalue weighted by molar-refractivity contribution is -0.117. The van der Waals surface area contributed by atoms with E-state index in [1.54, 1.807) is 30.7 Å². The maximum absolute atomic E-state index is 12.7. The van der Waals surface area contributed by atoms with Crippen LogP contribution >= 0.6 is 23.5 Å². The Bertz CT molecular complexity index is 1920. The quantitative estimate of drug-likeness (QED) is 0.0959. The Morgan fingerprint density at radius 1 is 0.780 bits per heavy atom. The number of benzene rings is 2. The van der Waals surface area contributed by atoms with E-state index in [0.717, 1.165) is 28.8 Å². The summed E-state index contributed by atoms with van der Waals surface area (Å²) in [6, 6.07) is 22.1. The van der Waals surface area contributed by atoms with E-state index in [2.05, 4.69) is 31.0 Å². The minimum Gasteiger partial charge on any atom is -0.472 e. The average Bonchev–Trinajstić information content (AvgIpc) is 3.97. The largest absolute Gasteiger partial charge is 0.472 e. The van der Waals surface area contributed by atoms with Crippen LogP contribution in [0.3, 0.4) is 0 Å². The number of carbonyl (C=O) groups excluding carboxylic acids is 3. The summed E-state index contributed by atoms with van der Waals surface area (Å²) < 4.78 is 12.7. The van der Waals surface area contributed by atoms with Crippen LogP contribution in [0.5, 0.6) is 0 Å². The van der Waals surface area contributed by atoms with Gasteiger partial charge in [0.1, 0.15) is 12.5 Å². The highest BCUT2D eigenvalue weighted by molar-refractivity contribution is 8.01. The highest BCUT2D eigenvalue weighted by Gasteiger charge is 2.32. The maximum Gasteiger partial charge on any atom is 0.240 e. The summed E-state index contributed by atoms with van der Waals surface area (Å²) in [4.78, 5) is 35.9. The van der Waals surface area contributed by atoms with Crippen LogP contribution in [0.15, 0.2) is 117 Å². The number of rotatable bonds is 12. The van der Waals surface area contributed by atoms with Crippen LogP contribution in [0.2, 0.25) is 0 Å². The van der Waals surface area contributed by atoms with Gasteiger partial charge in [0.05, 0.1) is 34.2 Å². The monoisotopic (exact) mass is 714 g/mol. The van der Waals surface area contributed by atoms with E-state index in [9.17, 15) is 14.4 Å². The Balaban J connectivity index is 0.000000215. The molecule has 0 saturated carbocycles. The van der Waals surface area contributed by atoms with Crippen molar-refractivity contribution in [3.8, 4) is 22.8 Å². The first-order valence-electron chi connectivity index (χ1n) is 15.7. The van der Waals surface area contributed by atoms with E-state index in [-0.39, 0.29) is 17.6 Å². The zero-order valence-electron chi connectivity index (χ0n) is 28.3. The molecule has 260 valence electrons. The summed E-state index contributed by atoms with van der Waals surface area (Å²) >= 11 is 2.52. The summed E-state index contributed by atoms with van der Waals surface area (Å²) in [7, 11) is 0. The molecule has 0 spiro atoms. The predicted molar refractivity (Wildman–Crippen MR) is 195 cm³/mol. The molecule has 0 saturated heterocycles. The number of amides is 2. The summed E-state index contributed by atoms with van der Waals surface area (Å²) in [5.74, 6) is 0.954. The molecule has 6 rings (SSSR count). The van der Waals surface area contributed by atoms with Gasteiger partial charge in [-0.3, -0.25) is 14.4 Å². The second kappa shape index (κ2) is 18.4. The van der Waals surface area contributed by atoms with Crippen molar-refractivity contribution in [1.82, 2.24) is 29.5 Å². The average molecular weight is 715 g/mol. The summed E-state index contributed by atoms with van der Waals surface area (Å²) in [6.07, 6.45) is 6.81. The Hall–Kier alpha value is -5.41. The molecular formula is C35H38N8O5S2. The Kier molecular flexibility index (Phi) is 13.8. The van der Waals surface area contributed by atoms with Crippen LogP contribution in [-0.4, -0.2) is 58.3 Å². The molecule has 0 aliphatic heterocycles. The highest BCUT2D eigenvalue weighted by Crippen LogP contribution is 2.34. The number of para-hydroxylation sites is 2. The molecule has 13 nitrogen and oxygen atoms in total. The van der Waals surface area contributed by atoms with E-state index in [4.69, 9.17) is 8.83 Å². The fourth-order valence-corrected chi connectivity index (χ4v) is 5.95. The Labute approximate surface area is 298 Å². The SMILES string of the molecule is CC.CCn1c(SC(C)(C)C(=O)Nc2ccccc2)nnc1-c1ccoc1.O=Cn1c(SCC(=O)Nc2ccccc2)nnc1-c1ccoc1. The van der Waals surface area contributed by atoms with Crippen molar-refractivity contribution in [2.45, 2.75) is 56.2 Å². The number of furan rings is 2. The van der Waals surface area contributed by atoms with Gasteiger partial charge >= 0.3 is 0 Å². The van der Waals surface area contributed by atoms with Gasteiger partial charge in [-0.05, 0) is 57.2 Å². The van der Waals surface area contributed by atoms with Crippen LogP contribution in [0, 0.1) is 0 Å². The third kappa shape index (κ3) is 9.83. The van der Waals surface area contributed by atoms with Crippen molar-refractivity contribution in [1.29, 1.82) is 0 Å². The molecule has 2 N–H and O–H groups in total. The van der Waals surface area contributed by atoms with Gasteiger partial charge in [0, 0.05) is 17.9 Å². The second-order valence-corrected chi connectivity index (χ2v) is 13.0. The number of aromatic nitrogens is 6. The number of carbonyl (C=O) groups is 3. The number of nitrogens with one attached hydrogen (secondary N) is 2.